The molecule has 0 saturated heterocycles. The standard InChI is InChI=1S/C23H19FN2O3S.C2H6/c1-29-11-10-25-23(28)14-6-9-21-19(12-14)26-22(16-8-7-15(27)13-18(16)24)17-4-2-3-5-20(17)30-21;1-2/h2-9,12-13,27H,10-11H2,1H3,(H,25,28);1-2H3. The van der Waals surface area contributed by atoms with Crippen molar-refractivity contribution in [3.8, 4) is 5.75 Å². The number of aromatic hydroxyl groups is 1. The Balaban J connectivity index is 0.00000141. The Hall–Kier alpha value is -3.16. The van der Waals surface area contributed by atoms with E-state index in [0.29, 0.717) is 30.1 Å². The minimum Gasteiger partial charge on any atom is -0.508 e. The number of halogens is 1. The first-order valence-electron chi connectivity index (χ1n) is 10.3. The number of phenolic OH excluding ortho intramolecular Hbond substituents is 1. The van der Waals surface area contributed by atoms with Gasteiger partial charge in [-0.2, -0.15) is 0 Å². The highest BCUT2D eigenvalue weighted by Crippen LogP contribution is 2.42. The summed E-state index contributed by atoms with van der Waals surface area (Å²) in [5.74, 6) is -0.941. The fourth-order valence-electron chi connectivity index (χ4n) is 3.15. The van der Waals surface area contributed by atoms with Gasteiger partial charge in [-0.1, -0.05) is 43.8 Å². The summed E-state index contributed by atoms with van der Waals surface area (Å²) in [6.07, 6.45) is 0. The second kappa shape index (κ2) is 10.9. The number of carbonyl (C=O) groups is 1. The summed E-state index contributed by atoms with van der Waals surface area (Å²) in [5, 5.41) is 12.4. The van der Waals surface area contributed by atoms with E-state index in [-0.39, 0.29) is 17.2 Å². The van der Waals surface area contributed by atoms with Crippen LogP contribution in [0.2, 0.25) is 0 Å². The van der Waals surface area contributed by atoms with Crippen LogP contribution in [0.4, 0.5) is 10.1 Å². The van der Waals surface area contributed by atoms with Crippen molar-refractivity contribution in [1.82, 2.24) is 5.32 Å². The van der Waals surface area contributed by atoms with Crippen molar-refractivity contribution in [2.75, 3.05) is 20.3 Å². The zero-order chi connectivity index (χ0) is 23.1. The number of phenols is 1. The molecule has 1 heterocycles. The lowest BCUT2D eigenvalue weighted by molar-refractivity contribution is 0.0937. The number of nitrogens with zero attached hydrogens (tertiary/aromatic N) is 1. The SMILES string of the molecule is CC.COCCNC(=O)c1ccc2c(c1)N=C(c1ccc(O)cc1F)c1ccccc1S2. The number of methoxy groups -OCH3 is 1. The van der Waals surface area contributed by atoms with Gasteiger partial charge in [-0.05, 0) is 36.4 Å². The lowest BCUT2D eigenvalue weighted by atomic mass is 10.0. The Morgan fingerprint density at radius 3 is 2.59 bits per heavy atom. The molecule has 32 heavy (non-hydrogen) atoms. The molecule has 0 spiro atoms. The number of ether oxygens (including phenoxy) is 1. The molecule has 166 valence electrons. The van der Waals surface area contributed by atoms with Crippen LogP contribution in [0, 0.1) is 5.82 Å². The van der Waals surface area contributed by atoms with E-state index in [1.54, 1.807) is 19.2 Å². The van der Waals surface area contributed by atoms with Gasteiger partial charge in [0.2, 0.25) is 0 Å². The van der Waals surface area contributed by atoms with Crippen molar-refractivity contribution in [2.45, 2.75) is 23.6 Å². The molecule has 0 fully saturated rings. The first-order valence-corrected chi connectivity index (χ1v) is 11.1. The molecule has 0 aromatic heterocycles. The number of aliphatic imine (C=N–C) groups is 1. The summed E-state index contributed by atoms with van der Waals surface area (Å²) >= 11 is 1.51. The van der Waals surface area contributed by atoms with Gasteiger partial charge in [-0.25, -0.2) is 9.38 Å². The van der Waals surface area contributed by atoms with Gasteiger partial charge >= 0.3 is 0 Å². The van der Waals surface area contributed by atoms with Gasteiger partial charge in [-0.15, -0.1) is 0 Å². The Morgan fingerprint density at radius 2 is 1.84 bits per heavy atom. The molecule has 0 aliphatic carbocycles. The van der Waals surface area contributed by atoms with Gasteiger partial charge in [0.1, 0.15) is 11.6 Å². The molecule has 7 heteroatoms. The Labute approximate surface area is 191 Å². The molecule has 0 radical (unpaired) electrons. The maximum absolute atomic E-state index is 14.7. The number of hydrogen-bond acceptors (Lipinski definition) is 5. The maximum atomic E-state index is 14.7. The van der Waals surface area contributed by atoms with Crippen LogP contribution in [-0.2, 0) is 4.74 Å². The third-order valence-electron chi connectivity index (χ3n) is 4.62. The highest BCUT2D eigenvalue weighted by molar-refractivity contribution is 7.99. The molecule has 0 bridgehead atoms. The van der Waals surface area contributed by atoms with Crippen molar-refractivity contribution in [3.05, 3.63) is 83.2 Å². The van der Waals surface area contributed by atoms with Crippen LogP contribution < -0.4 is 5.32 Å². The minimum absolute atomic E-state index is 0.149. The van der Waals surface area contributed by atoms with E-state index in [2.05, 4.69) is 5.32 Å². The molecule has 0 unspecified atom stereocenters. The van der Waals surface area contributed by atoms with E-state index in [1.165, 1.54) is 23.9 Å². The van der Waals surface area contributed by atoms with Crippen LogP contribution in [0.3, 0.4) is 0 Å². The lowest BCUT2D eigenvalue weighted by Crippen LogP contribution is -2.26. The predicted molar refractivity (Wildman–Crippen MR) is 126 cm³/mol. The van der Waals surface area contributed by atoms with E-state index in [0.717, 1.165) is 21.4 Å². The summed E-state index contributed by atoms with van der Waals surface area (Å²) in [6, 6.07) is 16.9. The first kappa shape index (κ1) is 23.5. The molecule has 5 nitrogen and oxygen atoms in total. The van der Waals surface area contributed by atoms with Crippen LogP contribution in [0.5, 0.6) is 5.75 Å². The molecule has 2 N–H and O–H groups in total. The van der Waals surface area contributed by atoms with Crippen LogP contribution >= 0.6 is 11.8 Å². The maximum Gasteiger partial charge on any atom is 0.251 e. The average Bonchev–Trinajstić information content (AvgIpc) is 2.97. The normalized spacial score (nSPS) is 11.8. The van der Waals surface area contributed by atoms with E-state index >= 15 is 0 Å². The molecule has 1 amide bonds. The second-order valence-electron chi connectivity index (χ2n) is 6.65. The highest BCUT2D eigenvalue weighted by Gasteiger charge is 2.22. The van der Waals surface area contributed by atoms with Gasteiger partial charge < -0.3 is 15.2 Å². The molecular formula is C25H25FN2O3S. The van der Waals surface area contributed by atoms with Gasteiger partial charge in [0, 0.05) is 46.2 Å². The van der Waals surface area contributed by atoms with Crippen molar-refractivity contribution in [2.24, 2.45) is 4.99 Å². The topological polar surface area (TPSA) is 70.9 Å². The number of fused-ring (bicyclic) bond motifs is 2. The quantitative estimate of drug-likeness (QED) is 0.389. The van der Waals surface area contributed by atoms with Crippen molar-refractivity contribution in [1.29, 1.82) is 0 Å². The molecule has 0 saturated carbocycles. The van der Waals surface area contributed by atoms with E-state index in [1.807, 2.05) is 44.2 Å². The van der Waals surface area contributed by atoms with Gasteiger partial charge in [0.25, 0.3) is 5.91 Å². The van der Waals surface area contributed by atoms with Crippen LogP contribution in [0.25, 0.3) is 0 Å². The third-order valence-corrected chi connectivity index (χ3v) is 5.76. The lowest BCUT2D eigenvalue weighted by Gasteiger charge is -2.10. The van der Waals surface area contributed by atoms with E-state index < -0.39 is 5.82 Å². The van der Waals surface area contributed by atoms with Crippen molar-refractivity contribution < 1.29 is 19.0 Å². The van der Waals surface area contributed by atoms with Crippen molar-refractivity contribution >= 4 is 29.1 Å². The number of rotatable bonds is 5. The summed E-state index contributed by atoms with van der Waals surface area (Å²) < 4.78 is 19.7. The molecule has 3 aromatic carbocycles. The summed E-state index contributed by atoms with van der Waals surface area (Å²) in [4.78, 5) is 19.0. The Kier molecular flexibility index (Phi) is 8.03. The summed E-state index contributed by atoms with van der Waals surface area (Å²) in [7, 11) is 1.57. The first-order chi connectivity index (χ1) is 15.6. The Bertz CT molecular complexity index is 1150. The largest absolute Gasteiger partial charge is 0.508 e. The van der Waals surface area contributed by atoms with Gasteiger partial charge in [0.05, 0.1) is 18.0 Å². The monoisotopic (exact) mass is 452 g/mol. The zero-order valence-corrected chi connectivity index (χ0v) is 19.0. The number of carbonyl (C=O) groups excluding carboxylic acids is 1. The third kappa shape index (κ3) is 5.18. The highest BCUT2D eigenvalue weighted by atomic mass is 32.2. The number of hydrogen-bond donors (Lipinski definition) is 2. The van der Waals surface area contributed by atoms with Crippen LogP contribution in [-0.4, -0.2) is 37.0 Å². The Morgan fingerprint density at radius 1 is 1.06 bits per heavy atom. The van der Waals surface area contributed by atoms with Crippen LogP contribution in [0.15, 0.2) is 75.4 Å². The molecule has 0 atom stereocenters. The zero-order valence-electron chi connectivity index (χ0n) is 18.2. The van der Waals surface area contributed by atoms with Crippen molar-refractivity contribution in [3.63, 3.8) is 0 Å². The fourth-order valence-corrected chi connectivity index (χ4v) is 4.16. The average molecular weight is 453 g/mol. The summed E-state index contributed by atoms with van der Waals surface area (Å²) in [6.45, 7) is 4.82. The fraction of sp³-hybridized carbons (Fsp3) is 0.200. The van der Waals surface area contributed by atoms with Crippen LogP contribution in [0.1, 0.15) is 35.3 Å². The smallest absolute Gasteiger partial charge is 0.251 e. The summed E-state index contributed by atoms with van der Waals surface area (Å²) in [5.41, 5.74) is 2.56. The molecule has 3 aromatic rings. The van der Waals surface area contributed by atoms with E-state index in [9.17, 15) is 14.3 Å². The molecular weight excluding hydrogens is 427 g/mol. The minimum atomic E-state index is -0.564. The number of nitrogens with one attached hydrogen (secondary N) is 1. The second-order valence-corrected chi connectivity index (χ2v) is 7.74. The predicted octanol–water partition coefficient (Wildman–Crippen LogP) is 5.57. The number of benzene rings is 3. The molecule has 4 rings (SSSR count). The number of amides is 1. The molecule has 1 aliphatic heterocycles. The molecule has 1 aliphatic rings. The van der Waals surface area contributed by atoms with Gasteiger partial charge in [-0.3, -0.25) is 4.79 Å². The van der Waals surface area contributed by atoms with E-state index in [4.69, 9.17) is 9.73 Å². The van der Waals surface area contributed by atoms with Gasteiger partial charge in [0.15, 0.2) is 0 Å².